The number of carbonyl (C=O) groups is 2. The highest BCUT2D eigenvalue weighted by atomic mass is 16.3. The summed E-state index contributed by atoms with van der Waals surface area (Å²) < 4.78 is 0. The molecule has 1 aliphatic heterocycles. The van der Waals surface area contributed by atoms with E-state index in [0.717, 1.165) is 24.1 Å². The van der Waals surface area contributed by atoms with Gasteiger partial charge >= 0.3 is 0 Å². The molecule has 1 N–H and O–H groups in total. The first kappa shape index (κ1) is 28.9. The van der Waals surface area contributed by atoms with Crippen molar-refractivity contribution in [1.29, 1.82) is 0 Å². The predicted octanol–water partition coefficient (Wildman–Crippen LogP) is 7.52. The quantitative estimate of drug-likeness (QED) is 0.219. The molecule has 0 spiro atoms. The van der Waals surface area contributed by atoms with E-state index in [4.69, 9.17) is 0 Å². The van der Waals surface area contributed by atoms with Crippen LogP contribution in [0.15, 0.2) is 35.6 Å². The fourth-order valence-electron chi connectivity index (χ4n) is 5.02. The normalized spacial score (nSPS) is 15.8. The SMILES string of the molecule is CCCCCCCCCCCCCCCCN1C(=O)C(O)=C(C(C)=O)[C@H]1c1ccc(N(C)C)cc1. The maximum Gasteiger partial charge on any atom is 0.290 e. The van der Waals surface area contributed by atoms with Crippen molar-refractivity contribution in [2.45, 2.75) is 110 Å². The number of hydrogen-bond acceptors (Lipinski definition) is 4. The molecule has 0 fully saturated rings. The highest BCUT2D eigenvalue weighted by Crippen LogP contribution is 2.38. The number of rotatable bonds is 18. The highest BCUT2D eigenvalue weighted by molar-refractivity contribution is 6.08. The second kappa shape index (κ2) is 15.6. The zero-order valence-electron chi connectivity index (χ0n) is 22.7. The Morgan fingerprint density at radius 2 is 1.29 bits per heavy atom. The molecule has 0 radical (unpaired) electrons. The second-order valence-electron chi connectivity index (χ2n) is 10.3. The summed E-state index contributed by atoms with van der Waals surface area (Å²) in [6, 6.07) is 7.37. The number of nitrogens with zero attached hydrogens (tertiary/aromatic N) is 2. The summed E-state index contributed by atoms with van der Waals surface area (Å²) in [6.07, 6.45) is 18.0. The van der Waals surface area contributed by atoms with Gasteiger partial charge in [0.15, 0.2) is 11.5 Å². The lowest BCUT2D eigenvalue weighted by molar-refractivity contribution is -0.129. The summed E-state index contributed by atoms with van der Waals surface area (Å²) >= 11 is 0. The lowest BCUT2D eigenvalue weighted by Crippen LogP contribution is -2.32. The predicted molar refractivity (Wildman–Crippen MR) is 146 cm³/mol. The van der Waals surface area contributed by atoms with Crippen molar-refractivity contribution in [3.63, 3.8) is 0 Å². The Hall–Kier alpha value is -2.30. The van der Waals surface area contributed by atoms with Gasteiger partial charge in [-0.1, -0.05) is 103 Å². The zero-order valence-corrected chi connectivity index (χ0v) is 22.7. The van der Waals surface area contributed by atoms with Gasteiger partial charge in [0.2, 0.25) is 0 Å². The van der Waals surface area contributed by atoms with Crippen molar-refractivity contribution in [3.05, 3.63) is 41.2 Å². The molecule has 0 saturated carbocycles. The van der Waals surface area contributed by atoms with Gasteiger partial charge in [-0.25, -0.2) is 0 Å². The van der Waals surface area contributed by atoms with Crippen molar-refractivity contribution in [2.24, 2.45) is 0 Å². The molecule has 2 rings (SSSR count). The molecule has 1 amide bonds. The molecule has 0 bridgehead atoms. The van der Waals surface area contributed by atoms with Crippen molar-refractivity contribution in [3.8, 4) is 0 Å². The fourth-order valence-corrected chi connectivity index (χ4v) is 5.02. The smallest absolute Gasteiger partial charge is 0.290 e. The van der Waals surface area contributed by atoms with Crippen molar-refractivity contribution >= 4 is 17.4 Å². The van der Waals surface area contributed by atoms with E-state index < -0.39 is 11.9 Å². The minimum Gasteiger partial charge on any atom is -0.503 e. The maximum absolute atomic E-state index is 12.8. The van der Waals surface area contributed by atoms with E-state index in [0.29, 0.717) is 6.54 Å². The minimum atomic E-state index is -0.502. The fraction of sp³-hybridized carbons (Fsp3) is 0.667. The summed E-state index contributed by atoms with van der Waals surface area (Å²) in [6.45, 7) is 4.24. The Bertz CT molecular complexity index is 813. The molecule has 5 heteroatoms. The molecule has 0 aliphatic carbocycles. The second-order valence-corrected chi connectivity index (χ2v) is 10.3. The average molecular weight is 485 g/mol. The molecule has 0 unspecified atom stereocenters. The van der Waals surface area contributed by atoms with Crippen molar-refractivity contribution < 1.29 is 14.7 Å². The third-order valence-corrected chi connectivity index (χ3v) is 7.16. The maximum atomic E-state index is 12.8. The van der Waals surface area contributed by atoms with Crippen LogP contribution in [-0.4, -0.2) is 42.3 Å². The molecule has 1 atom stereocenters. The molecule has 1 aliphatic rings. The first-order valence-electron chi connectivity index (χ1n) is 13.9. The number of Topliss-reactive ketones (excluding diaryl/α,β-unsaturated/α-hetero) is 1. The van der Waals surface area contributed by atoms with E-state index in [2.05, 4.69) is 6.92 Å². The number of ketones is 1. The number of anilines is 1. The van der Waals surface area contributed by atoms with Crippen molar-refractivity contribution in [1.82, 2.24) is 4.90 Å². The molecule has 1 aromatic rings. The van der Waals surface area contributed by atoms with Gasteiger partial charge in [-0.15, -0.1) is 0 Å². The zero-order chi connectivity index (χ0) is 25.6. The van der Waals surface area contributed by atoms with Gasteiger partial charge in [0.05, 0.1) is 11.6 Å². The first-order valence-corrected chi connectivity index (χ1v) is 13.9. The third-order valence-electron chi connectivity index (χ3n) is 7.16. The lowest BCUT2D eigenvalue weighted by Gasteiger charge is -2.27. The van der Waals surface area contributed by atoms with Crippen LogP contribution in [0.1, 0.15) is 115 Å². The van der Waals surface area contributed by atoms with Gasteiger partial charge in [0.25, 0.3) is 5.91 Å². The molecular formula is C30H48N2O3. The number of aliphatic hydroxyl groups is 1. The number of benzene rings is 1. The van der Waals surface area contributed by atoms with Crippen LogP contribution < -0.4 is 4.90 Å². The average Bonchev–Trinajstić information content (AvgIpc) is 3.09. The van der Waals surface area contributed by atoms with E-state index >= 15 is 0 Å². The van der Waals surface area contributed by atoms with Gasteiger partial charge in [-0.3, -0.25) is 9.59 Å². The topological polar surface area (TPSA) is 60.9 Å². The highest BCUT2D eigenvalue weighted by Gasteiger charge is 2.41. The summed E-state index contributed by atoms with van der Waals surface area (Å²) in [4.78, 5) is 28.8. The van der Waals surface area contributed by atoms with E-state index in [1.807, 2.05) is 43.3 Å². The molecule has 1 aromatic carbocycles. The van der Waals surface area contributed by atoms with Crippen LogP contribution >= 0.6 is 0 Å². The van der Waals surface area contributed by atoms with Crippen LogP contribution in [-0.2, 0) is 9.59 Å². The van der Waals surface area contributed by atoms with Crippen LogP contribution in [0.25, 0.3) is 0 Å². The largest absolute Gasteiger partial charge is 0.503 e. The van der Waals surface area contributed by atoms with E-state index in [1.54, 1.807) is 4.90 Å². The van der Waals surface area contributed by atoms with Gasteiger partial charge in [-0.05, 0) is 31.0 Å². The summed E-state index contributed by atoms with van der Waals surface area (Å²) in [7, 11) is 3.95. The summed E-state index contributed by atoms with van der Waals surface area (Å²) in [5.74, 6) is -1.06. The number of unbranched alkanes of at least 4 members (excludes halogenated alkanes) is 13. The van der Waals surface area contributed by atoms with Crippen LogP contribution in [0, 0.1) is 0 Å². The number of amides is 1. The van der Waals surface area contributed by atoms with Gasteiger partial charge < -0.3 is 14.9 Å². The van der Waals surface area contributed by atoms with Crippen LogP contribution in [0.2, 0.25) is 0 Å². The van der Waals surface area contributed by atoms with Gasteiger partial charge in [0.1, 0.15) is 0 Å². The number of hydrogen-bond donors (Lipinski definition) is 1. The van der Waals surface area contributed by atoms with E-state index in [1.165, 1.54) is 84.0 Å². The Morgan fingerprint density at radius 3 is 1.71 bits per heavy atom. The van der Waals surface area contributed by atoms with Crippen LogP contribution in [0.4, 0.5) is 5.69 Å². The van der Waals surface area contributed by atoms with Gasteiger partial charge in [-0.2, -0.15) is 0 Å². The van der Waals surface area contributed by atoms with E-state index in [9.17, 15) is 14.7 Å². The molecule has 0 aromatic heterocycles. The minimum absolute atomic E-state index is 0.220. The molecule has 5 nitrogen and oxygen atoms in total. The van der Waals surface area contributed by atoms with Gasteiger partial charge in [0, 0.05) is 26.3 Å². The molecule has 1 heterocycles. The Balaban J connectivity index is 1.74. The molecule has 35 heavy (non-hydrogen) atoms. The van der Waals surface area contributed by atoms with Crippen LogP contribution in [0.5, 0.6) is 0 Å². The Kier molecular flexibility index (Phi) is 12.9. The standard InChI is InChI=1S/C30H48N2O3/c1-5-6-7-8-9-10-11-12-13-14-15-16-17-18-23-32-28(27(24(2)33)29(34)30(32)35)25-19-21-26(22-20-25)31(3)4/h19-22,28,34H,5-18,23H2,1-4H3/t28-/m1/s1. The monoisotopic (exact) mass is 484 g/mol. The number of aliphatic hydroxyl groups excluding tert-OH is 1. The van der Waals surface area contributed by atoms with E-state index in [-0.39, 0.29) is 17.1 Å². The molecule has 0 saturated heterocycles. The first-order chi connectivity index (χ1) is 16.9. The van der Waals surface area contributed by atoms with Crippen molar-refractivity contribution in [2.75, 3.05) is 25.5 Å². The molecular weight excluding hydrogens is 436 g/mol. The van der Waals surface area contributed by atoms with Crippen LogP contribution in [0.3, 0.4) is 0 Å². The lowest BCUT2D eigenvalue weighted by atomic mass is 9.96. The molecule has 196 valence electrons. The third kappa shape index (κ3) is 9.01. The summed E-state index contributed by atoms with van der Waals surface area (Å²) in [5, 5.41) is 10.4. The Morgan fingerprint density at radius 1 is 0.829 bits per heavy atom. The Labute approximate surface area is 213 Å². The summed E-state index contributed by atoms with van der Waals surface area (Å²) in [5.41, 5.74) is 2.13. The number of carbonyl (C=O) groups excluding carboxylic acids is 2.